The van der Waals surface area contributed by atoms with E-state index < -0.39 is 0 Å². The normalized spacial score (nSPS) is 10.8. The summed E-state index contributed by atoms with van der Waals surface area (Å²) in [6.45, 7) is 1.36. The highest BCUT2D eigenvalue weighted by Crippen LogP contribution is 2.24. The minimum absolute atomic E-state index is 0.198. The number of aryl methyl sites for hydroxylation is 1. The van der Waals surface area contributed by atoms with E-state index in [0.29, 0.717) is 27.7 Å². The van der Waals surface area contributed by atoms with Crippen LogP contribution in [0.2, 0.25) is 5.02 Å². The van der Waals surface area contributed by atoms with E-state index >= 15 is 0 Å². The third-order valence-electron chi connectivity index (χ3n) is 4.76. The number of thiophene rings is 1. The van der Waals surface area contributed by atoms with Crippen LogP contribution >= 0.6 is 22.9 Å². The van der Waals surface area contributed by atoms with Gasteiger partial charge in [0.1, 0.15) is 0 Å². The average Bonchev–Trinajstić information content (AvgIpc) is 3.43. The van der Waals surface area contributed by atoms with Crippen molar-refractivity contribution in [3.8, 4) is 0 Å². The number of para-hydroxylation sites is 1. The molecule has 0 radical (unpaired) electrons. The highest BCUT2D eigenvalue weighted by molar-refractivity contribution is 7.12. The van der Waals surface area contributed by atoms with Gasteiger partial charge in [-0.05, 0) is 53.6 Å². The Hall–Kier alpha value is -3.09. The van der Waals surface area contributed by atoms with E-state index in [2.05, 4.69) is 39.6 Å². The quantitative estimate of drug-likeness (QED) is 0.379. The van der Waals surface area contributed by atoms with Gasteiger partial charge in [0.25, 0.3) is 11.8 Å². The molecule has 0 aliphatic rings. The zero-order valence-electron chi connectivity index (χ0n) is 16.1. The topological polar surface area (TPSA) is 63.1 Å². The van der Waals surface area contributed by atoms with Gasteiger partial charge in [0, 0.05) is 30.4 Å². The molecule has 30 heavy (non-hydrogen) atoms. The standard InChI is InChI=1S/C23H20ClN3O2S/c24-18-9-8-17(15-19(18)26-23(29)21-7-3-14-30-21)22(28)25-11-4-12-27-13-10-16-5-1-2-6-20(16)27/h1-3,5-10,13-15H,4,11-12H2,(H,25,28)(H,26,29). The number of benzene rings is 2. The molecule has 2 amide bonds. The maximum atomic E-state index is 12.5. The summed E-state index contributed by atoms with van der Waals surface area (Å²) in [6.07, 6.45) is 2.87. The van der Waals surface area contributed by atoms with Gasteiger partial charge < -0.3 is 15.2 Å². The summed E-state index contributed by atoms with van der Waals surface area (Å²) in [5, 5.41) is 9.12. The summed E-state index contributed by atoms with van der Waals surface area (Å²) in [5.41, 5.74) is 2.06. The van der Waals surface area contributed by atoms with Gasteiger partial charge in [-0.25, -0.2) is 0 Å². The predicted octanol–water partition coefficient (Wildman–Crippen LogP) is 5.43. The molecular formula is C23H20ClN3O2S. The summed E-state index contributed by atoms with van der Waals surface area (Å²) in [6, 6.07) is 18.7. The fourth-order valence-electron chi connectivity index (χ4n) is 3.24. The number of nitrogens with zero attached hydrogens (tertiary/aromatic N) is 1. The largest absolute Gasteiger partial charge is 0.352 e. The van der Waals surface area contributed by atoms with Crippen LogP contribution in [0.5, 0.6) is 0 Å². The van der Waals surface area contributed by atoms with Gasteiger partial charge in [-0.3, -0.25) is 9.59 Å². The van der Waals surface area contributed by atoms with Crippen LogP contribution in [0.15, 0.2) is 72.2 Å². The lowest BCUT2D eigenvalue weighted by Gasteiger charge is -2.10. The molecule has 0 saturated heterocycles. The minimum atomic E-state index is -0.247. The number of hydrogen-bond donors (Lipinski definition) is 2. The molecule has 0 fully saturated rings. The average molecular weight is 438 g/mol. The molecule has 152 valence electrons. The van der Waals surface area contributed by atoms with Gasteiger partial charge in [0.15, 0.2) is 0 Å². The number of fused-ring (bicyclic) bond motifs is 1. The molecule has 2 heterocycles. The Labute approximate surface area is 183 Å². The van der Waals surface area contributed by atoms with Gasteiger partial charge in [-0.2, -0.15) is 0 Å². The monoisotopic (exact) mass is 437 g/mol. The van der Waals surface area contributed by atoms with Crippen molar-refractivity contribution >= 4 is 51.3 Å². The molecule has 0 spiro atoms. The van der Waals surface area contributed by atoms with Gasteiger partial charge in [0.05, 0.1) is 15.6 Å². The fraction of sp³-hybridized carbons (Fsp3) is 0.130. The van der Waals surface area contributed by atoms with E-state index in [0.717, 1.165) is 13.0 Å². The molecule has 7 heteroatoms. The summed E-state index contributed by atoms with van der Waals surface area (Å²) >= 11 is 7.54. The summed E-state index contributed by atoms with van der Waals surface area (Å²) in [4.78, 5) is 25.4. The lowest BCUT2D eigenvalue weighted by molar-refractivity contribution is 0.0951. The predicted molar refractivity (Wildman–Crippen MR) is 123 cm³/mol. The number of amides is 2. The second kappa shape index (κ2) is 9.15. The van der Waals surface area contributed by atoms with Crippen LogP contribution in [0.25, 0.3) is 10.9 Å². The summed E-state index contributed by atoms with van der Waals surface area (Å²) < 4.78 is 2.18. The van der Waals surface area contributed by atoms with Crippen LogP contribution < -0.4 is 10.6 Å². The third-order valence-corrected chi connectivity index (χ3v) is 5.96. The van der Waals surface area contributed by atoms with Crippen LogP contribution in [0.4, 0.5) is 5.69 Å². The lowest BCUT2D eigenvalue weighted by atomic mass is 10.2. The first-order chi connectivity index (χ1) is 14.6. The smallest absolute Gasteiger partial charge is 0.265 e. The van der Waals surface area contributed by atoms with Crippen LogP contribution in [0, 0.1) is 0 Å². The first-order valence-electron chi connectivity index (χ1n) is 9.58. The Balaban J connectivity index is 1.33. The van der Waals surface area contributed by atoms with Crippen molar-refractivity contribution in [3.05, 3.63) is 87.7 Å². The second-order valence-electron chi connectivity index (χ2n) is 6.80. The number of anilines is 1. The summed E-state index contributed by atoms with van der Waals surface area (Å²) in [7, 11) is 0. The van der Waals surface area contributed by atoms with Crippen molar-refractivity contribution < 1.29 is 9.59 Å². The van der Waals surface area contributed by atoms with E-state index in [9.17, 15) is 9.59 Å². The van der Waals surface area contributed by atoms with E-state index in [4.69, 9.17) is 11.6 Å². The molecule has 2 aromatic carbocycles. The Morgan fingerprint density at radius 1 is 1.00 bits per heavy atom. The zero-order chi connectivity index (χ0) is 20.9. The second-order valence-corrected chi connectivity index (χ2v) is 8.16. The molecule has 2 N–H and O–H groups in total. The highest BCUT2D eigenvalue weighted by Gasteiger charge is 2.13. The van der Waals surface area contributed by atoms with Gasteiger partial charge >= 0.3 is 0 Å². The minimum Gasteiger partial charge on any atom is -0.352 e. The molecule has 0 atom stereocenters. The van der Waals surface area contributed by atoms with E-state index in [-0.39, 0.29) is 11.8 Å². The van der Waals surface area contributed by atoms with Crippen LogP contribution in [-0.2, 0) is 6.54 Å². The zero-order valence-corrected chi connectivity index (χ0v) is 17.7. The van der Waals surface area contributed by atoms with Crippen molar-refractivity contribution in [1.29, 1.82) is 0 Å². The van der Waals surface area contributed by atoms with Crippen molar-refractivity contribution in [3.63, 3.8) is 0 Å². The van der Waals surface area contributed by atoms with Gasteiger partial charge in [-0.15, -0.1) is 11.3 Å². The fourth-order valence-corrected chi connectivity index (χ4v) is 4.03. The van der Waals surface area contributed by atoms with Crippen LogP contribution in [0.3, 0.4) is 0 Å². The highest BCUT2D eigenvalue weighted by atomic mass is 35.5. The number of carbonyl (C=O) groups excluding carboxylic acids is 2. The first kappa shape index (κ1) is 20.2. The first-order valence-corrected chi connectivity index (χ1v) is 10.8. The summed E-state index contributed by atoms with van der Waals surface area (Å²) in [5.74, 6) is -0.445. The van der Waals surface area contributed by atoms with Gasteiger partial charge in [0.2, 0.25) is 0 Å². The molecule has 0 unspecified atom stereocenters. The molecular weight excluding hydrogens is 418 g/mol. The van der Waals surface area contributed by atoms with Crippen molar-refractivity contribution in [2.24, 2.45) is 0 Å². The molecule has 5 nitrogen and oxygen atoms in total. The van der Waals surface area contributed by atoms with E-state index in [1.54, 1.807) is 24.3 Å². The molecule has 0 bridgehead atoms. The number of halogens is 1. The Morgan fingerprint density at radius 3 is 2.70 bits per heavy atom. The van der Waals surface area contributed by atoms with Gasteiger partial charge in [-0.1, -0.05) is 35.9 Å². The molecule has 0 aliphatic carbocycles. The number of carbonyl (C=O) groups is 2. The molecule has 4 aromatic rings. The van der Waals surface area contributed by atoms with Crippen LogP contribution in [-0.4, -0.2) is 22.9 Å². The van der Waals surface area contributed by atoms with E-state index in [1.165, 1.54) is 22.2 Å². The Morgan fingerprint density at radius 2 is 1.87 bits per heavy atom. The number of rotatable bonds is 7. The molecule has 0 saturated carbocycles. The van der Waals surface area contributed by atoms with Crippen molar-refractivity contribution in [1.82, 2.24) is 9.88 Å². The maximum Gasteiger partial charge on any atom is 0.265 e. The number of hydrogen-bond acceptors (Lipinski definition) is 3. The Bertz CT molecular complexity index is 1180. The molecule has 4 rings (SSSR count). The number of nitrogens with one attached hydrogen (secondary N) is 2. The van der Waals surface area contributed by atoms with Crippen molar-refractivity contribution in [2.45, 2.75) is 13.0 Å². The number of aromatic nitrogens is 1. The van der Waals surface area contributed by atoms with Crippen molar-refractivity contribution in [2.75, 3.05) is 11.9 Å². The molecule has 2 aromatic heterocycles. The van der Waals surface area contributed by atoms with E-state index in [1.807, 2.05) is 23.6 Å². The Kier molecular flexibility index (Phi) is 6.16. The molecule has 0 aliphatic heterocycles. The van der Waals surface area contributed by atoms with Crippen LogP contribution in [0.1, 0.15) is 26.5 Å². The third kappa shape index (κ3) is 4.56. The SMILES string of the molecule is O=C(NCCCn1ccc2ccccc21)c1ccc(Cl)c(NC(=O)c2cccs2)c1. The maximum absolute atomic E-state index is 12.5. The lowest BCUT2D eigenvalue weighted by Crippen LogP contribution is -2.25.